The number of rotatable bonds is 9. The molecule has 0 saturated heterocycles. The summed E-state index contributed by atoms with van der Waals surface area (Å²) in [6.45, 7) is 12.4. The third-order valence-corrected chi connectivity index (χ3v) is 4.32. The number of nitrogens with zero attached hydrogens (tertiary/aromatic N) is 2. The summed E-state index contributed by atoms with van der Waals surface area (Å²) in [5, 5.41) is 4.67. The summed E-state index contributed by atoms with van der Waals surface area (Å²) < 4.78 is 5.25. The van der Waals surface area contributed by atoms with E-state index in [1.807, 2.05) is 6.20 Å². The van der Waals surface area contributed by atoms with Gasteiger partial charge < -0.3 is 15.0 Å². The zero-order valence-corrected chi connectivity index (χ0v) is 13.6. The molecule has 110 valence electrons. The number of ether oxygens (including phenoxy) is 1. The number of hydrogen-bond acceptors (Lipinski definition) is 5. The van der Waals surface area contributed by atoms with Crippen molar-refractivity contribution < 1.29 is 4.74 Å². The molecule has 0 bridgehead atoms. The molecule has 0 aliphatic heterocycles. The Hall–Kier alpha value is -0.650. The largest absolute Gasteiger partial charge is 0.383 e. The number of thiazole rings is 1. The maximum Gasteiger partial charge on any atom is 0.185 e. The van der Waals surface area contributed by atoms with Gasteiger partial charge in [0.25, 0.3) is 0 Å². The molecular formula is C14H27N3OS. The second-order valence-corrected chi connectivity index (χ2v) is 6.06. The van der Waals surface area contributed by atoms with Gasteiger partial charge in [-0.25, -0.2) is 4.98 Å². The van der Waals surface area contributed by atoms with Crippen LogP contribution < -0.4 is 10.2 Å². The third-order valence-electron chi connectivity index (χ3n) is 3.26. The van der Waals surface area contributed by atoms with Crippen LogP contribution in [-0.4, -0.2) is 37.8 Å². The van der Waals surface area contributed by atoms with Gasteiger partial charge in [0.05, 0.1) is 6.61 Å². The molecule has 4 nitrogen and oxygen atoms in total. The summed E-state index contributed by atoms with van der Waals surface area (Å²) >= 11 is 1.77. The quantitative estimate of drug-likeness (QED) is 0.757. The number of methoxy groups -OCH3 is 1. The van der Waals surface area contributed by atoms with Crippen LogP contribution in [0.4, 0.5) is 5.13 Å². The summed E-state index contributed by atoms with van der Waals surface area (Å²) in [4.78, 5) is 8.06. The summed E-state index contributed by atoms with van der Waals surface area (Å²) in [6, 6.07) is 0.393. The van der Waals surface area contributed by atoms with Crippen molar-refractivity contribution >= 4 is 16.5 Å². The fraction of sp³-hybridized carbons (Fsp3) is 0.786. The van der Waals surface area contributed by atoms with E-state index in [-0.39, 0.29) is 0 Å². The Bertz CT molecular complexity index is 350. The lowest BCUT2D eigenvalue weighted by molar-refractivity contribution is 0.146. The van der Waals surface area contributed by atoms with Crippen LogP contribution in [0.2, 0.25) is 0 Å². The Morgan fingerprint density at radius 2 is 2.05 bits per heavy atom. The second-order valence-electron chi connectivity index (χ2n) is 4.97. The van der Waals surface area contributed by atoms with E-state index >= 15 is 0 Å². The standard InChI is InChI=1S/C14H27N3OS/c1-6-17(7-2)14-16-9-12(19-14)8-15-13(10-18-5)11(3)4/h9,11,13,15H,6-8,10H2,1-5H3. The molecule has 1 atom stereocenters. The molecule has 0 aliphatic rings. The van der Waals surface area contributed by atoms with Crippen molar-refractivity contribution in [1.29, 1.82) is 0 Å². The van der Waals surface area contributed by atoms with Gasteiger partial charge in [0.1, 0.15) is 0 Å². The topological polar surface area (TPSA) is 37.4 Å². The van der Waals surface area contributed by atoms with Crippen LogP contribution in [0.3, 0.4) is 0 Å². The van der Waals surface area contributed by atoms with Gasteiger partial charge in [0.15, 0.2) is 5.13 Å². The Balaban J connectivity index is 2.53. The van der Waals surface area contributed by atoms with E-state index in [0.29, 0.717) is 12.0 Å². The minimum Gasteiger partial charge on any atom is -0.383 e. The predicted molar refractivity (Wildman–Crippen MR) is 83.0 cm³/mol. The van der Waals surface area contributed by atoms with Crippen molar-refractivity contribution in [2.75, 3.05) is 31.7 Å². The molecule has 0 radical (unpaired) electrons. The first-order chi connectivity index (χ1) is 9.12. The van der Waals surface area contributed by atoms with Crippen molar-refractivity contribution in [3.8, 4) is 0 Å². The zero-order valence-electron chi connectivity index (χ0n) is 12.8. The second kappa shape index (κ2) is 8.51. The third kappa shape index (κ3) is 5.09. The number of nitrogens with one attached hydrogen (secondary N) is 1. The van der Waals surface area contributed by atoms with Gasteiger partial charge in [-0.15, -0.1) is 11.3 Å². The highest BCUT2D eigenvalue weighted by Gasteiger charge is 2.13. The van der Waals surface area contributed by atoms with Crippen molar-refractivity contribution in [2.24, 2.45) is 5.92 Å². The molecule has 0 aliphatic carbocycles. The van der Waals surface area contributed by atoms with Gasteiger partial charge in [0, 0.05) is 43.9 Å². The Morgan fingerprint density at radius 1 is 1.37 bits per heavy atom. The molecule has 0 saturated carbocycles. The van der Waals surface area contributed by atoms with Crippen LogP contribution in [0.1, 0.15) is 32.6 Å². The van der Waals surface area contributed by atoms with Crippen LogP contribution in [-0.2, 0) is 11.3 Å². The minimum atomic E-state index is 0.393. The highest BCUT2D eigenvalue weighted by atomic mass is 32.1. The lowest BCUT2D eigenvalue weighted by Crippen LogP contribution is -2.37. The molecule has 1 aromatic heterocycles. The van der Waals surface area contributed by atoms with Crippen LogP contribution >= 0.6 is 11.3 Å². The van der Waals surface area contributed by atoms with Crippen molar-refractivity contribution in [1.82, 2.24) is 10.3 Å². The Morgan fingerprint density at radius 3 is 2.58 bits per heavy atom. The smallest absolute Gasteiger partial charge is 0.185 e. The summed E-state index contributed by atoms with van der Waals surface area (Å²) in [5.41, 5.74) is 0. The van der Waals surface area contributed by atoms with Gasteiger partial charge in [-0.1, -0.05) is 13.8 Å². The van der Waals surface area contributed by atoms with E-state index in [0.717, 1.165) is 31.4 Å². The molecule has 1 heterocycles. The van der Waals surface area contributed by atoms with Gasteiger partial charge in [-0.2, -0.15) is 0 Å². The maximum atomic E-state index is 5.25. The first-order valence-electron chi connectivity index (χ1n) is 7.04. The number of anilines is 1. The Kier molecular flexibility index (Phi) is 7.34. The number of aromatic nitrogens is 1. The van der Waals surface area contributed by atoms with E-state index in [2.05, 4.69) is 42.9 Å². The fourth-order valence-electron chi connectivity index (χ4n) is 1.92. The molecule has 1 aromatic rings. The average Bonchev–Trinajstić information content (AvgIpc) is 2.84. The SMILES string of the molecule is CCN(CC)c1ncc(CNC(COC)C(C)C)s1. The minimum absolute atomic E-state index is 0.393. The Labute approximate surface area is 121 Å². The van der Waals surface area contributed by atoms with E-state index in [1.165, 1.54) is 4.88 Å². The lowest BCUT2D eigenvalue weighted by atomic mass is 10.1. The molecule has 1 N–H and O–H groups in total. The summed E-state index contributed by atoms with van der Waals surface area (Å²) in [6.07, 6.45) is 1.98. The highest BCUT2D eigenvalue weighted by Crippen LogP contribution is 2.22. The fourth-order valence-corrected chi connectivity index (χ4v) is 2.91. The van der Waals surface area contributed by atoms with Gasteiger partial charge in [-0.05, 0) is 19.8 Å². The van der Waals surface area contributed by atoms with Crippen molar-refractivity contribution in [2.45, 2.75) is 40.3 Å². The van der Waals surface area contributed by atoms with Crippen molar-refractivity contribution in [3.05, 3.63) is 11.1 Å². The van der Waals surface area contributed by atoms with E-state index in [9.17, 15) is 0 Å². The molecule has 0 spiro atoms. The predicted octanol–water partition coefficient (Wildman–Crippen LogP) is 2.75. The van der Waals surface area contributed by atoms with Gasteiger partial charge in [-0.3, -0.25) is 0 Å². The summed E-state index contributed by atoms with van der Waals surface area (Å²) in [5.74, 6) is 0.565. The monoisotopic (exact) mass is 285 g/mol. The van der Waals surface area contributed by atoms with Crippen LogP contribution in [0.5, 0.6) is 0 Å². The van der Waals surface area contributed by atoms with Crippen LogP contribution in [0.25, 0.3) is 0 Å². The van der Waals surface area contributed by atoms with Crippen molar-refractivity contribution in [3.63, 3.8) is 0 Å². The normalized spacial score (nSPS) is 12.9. The maximum absolute atomic E-state index is 5.25. The highest BCUT2D eigenvalue weighted by molar-refractivity contribution is 7.15. The van der Waals surface area contributed by atoms with Crippen LogP contribution in [0, 0.1) is 5.92 Å². The van der Waals surface area contributed by atoms with E-state index in [4.69, 9.17) is 4.74 Å². The first kappa shape index (κ1) is 16.4. The molecule has 5 heteroatoms. The first-order valence-corrected chi connectivity index (χ1v) is 7.85. The van der Waals surface area contributed by atoms with Gasteiger partial charge >= 0.3 is 0 Å². The van der Waals surface area contributed by atoms with E-state index in [1.54, 1.807) is 18.4 Å². The molecule has 1 rings (SSSR count). The molecule has 0 aromatic carbocycles. The average molecular weight is 285 g/mol. The summed E-state index contributed by atoms with van der Waals surface area (Å²) in [7, 11) is 1.75. The lowest BCUT2D eigenvalue weighted by Gasteiger charge is -2.21. The van der Waals surface area contributed by atoms with E-state index < -0.39 is 0 Å². The van der Waals surface area contributed by atoms with Gasteiger partial charge in [0.2, 0.25) is 0 Å². The zero-order chi connectivity index (χ0) is 14.3. The number of hydrogen-bond donors (Lipinski definition) is 1. The van der Waals surface area contributed by atoms with Crippen LogP contribution in [0.15, 0.2) is 6.20 Å². The molecule has 0 fully saturated rings. The molecule has 19 heavy (non-hydrogen) atoms. The molecular weight excluding hydrogens is 258 g/mol. The molecule has 1 unspecified atom stereocenters. The molecule has 0 amide bonds.